The number of benzene rings is 1. The molecule has 1 rings (SSSR count). The van der Waals surface area contributed by atoms with Crippen molar-refractivity contribution in [1.29, 1.82) is 0 Å². The van der Waals surface area contributed by atoms with Gasteiger partial charge in [-0.25, -0.2) is 9.59 Å². The highest BCUT2D eigenvalue weighted by Crippen LogP contribution is 2.01. The molecule has 0 aliphatic carbocycles. The van der Waals surface area contributed by atoms with E-state index in [4.69, 9.17) is 5.73 Å². The summed E-state index contributed by atoms with van der Waals surface area (Å²) in [5.74, 6) is -1.50. The summed E-state index contributed by atoms with van der Waals surface area (Å²) >= 11 is 0. The molecule has 0 radical (unpaired) electrons. The smallest absolute Gasteiger partial charge is 0.340 e. The fourth-order valence-corrected chi connectivity index (χ4v) is 1.08. The lowest BCUT2D eigenvalue weighted by Gasteiger charge is -1.95. The largest absolute Gasteiger partial charge is 0.402 e. The maximum atomic E-state index is 11.2. The van der Waals surface area contributed by atoms with Crippen LogP contribution in [-0.2, 0) is 14.3 Å². The summed E-state index contributed by atoms with van der Waals surface area (Å²) in [5, 5.41) is 0. The Bertz CT molecular complexity index is 457. The van der Waals surface area contributed by atoms with Crippen molar-refractivity contribution in [2.75, 3.05) is 0 Å². The highest BCUT2D eigenvalue weighted by Gasteiger charge is 2.03. The summed E-state index contributed by atoms with van der Waals surface area (Å²) in [7, 11) is 0. The first kappa shape index (κ1) is 12.7. The van der Waals surface area contributed by atoms with Gasteiger partial charge >= 0.3 is 11.9 Å². The van der Waals surface area contributed by atoms with E-state index in [-0.39, 0.29) is 5.70 Å². The predicted molar refractivity (Wildman–Crippen MR) is 64.5 cm³/mol. The van der Waals surface area contributed by atoms with Gasteiger partial charge < -0.3 is 10.5 Å². The number of ether oxygens (including phenoxy) is 1. The lowest BCUT2D eigenvalue weighted by atomic mass is 10.2. The maximum Gasteiger partial charge on any atom is 0.340 e. The number of carbonyl (C=O) groups is 2. The van der Waals surface area contributed by atoms with Crippen molar-refractivity contribution in [2.45, 2.75) is 6.92 Å². The van der Waals surface area contributed by atoms with Gasteiger partial charge in [-0.05, 0) is 18.6 Å². The molecular formula is C13H13NO3. The second-order valence-electron chi connectivity index (χ2n) is 3.37. The van der Waals surface area contributed by atoms with E-state index < -0.39 is 11.9 Å². The lowest BCUT2D eigenvalue weighted by Crippen LogP contribution is -2.09. The third-order valence-corrected chi connectivity index (χ3v) is 1.76. The second kappa shape index (κ2) is 6.27. The lowest BCUT2D eigenvalue weighted by molar-refractivity contribution is -0.152. The molecule has 0 aromatic heterocycles. The van der Waals surface area contributed by atoms with Crippen molar-refractivity contribution in [3.8, 4) is 0 Å². The van der Waals surface area contributed by atoms with E-state index in [1.54, 1.807) is 6.08 Å². The molecular weight excluding hydrogens is 218 g/mol. The van der Waals surface area contributed by atoms with Gasteiger partial charge in [0, 0.05) is 17.8 Å². The van der Waals surface area contributed by atoms with E-state index in [9.17, 15) is 9.59 Å². The SMILES string of the molecule is CC(N)=CC(=O)OC(=O)/C=C/c1ccccc1. The molecule has 0 amide bonds. The molecule has 2 N–H and O–H groups in total. The molecule has 0 saturated heterocycles. The predicted octanol–water partition coefficient (Wildman–Crippen LogP) is 1.63. The summed E-state index contributed by atoms with van der Waals surface area (Å²) in [6.07, 6.45) is 3.80. The Morgan fingerprint density at radius 1 is 1.18 bits per heavy atom. The molecule has 0 spiro atoms. The number of hydrogen-bond acceptors (Lipinski definition) is 4. The molecule has 17 heavy (non-hydrogen) atoms. The van der Waals surface area contributed by atoms with Crippen LogP contribution in [0.25, 0.3) is 6.08 Å². The molecule has 0 aliphatic heterocycles. The average molecular weight is 231 g/mol. The van der Waals surface area contributed by atoms with Crippen LogP contribution >= 0.6 is 0 Å². The van der Waals surface area contributed by atoms with Crippen LogP contribution in [0.4, 0.5) is 0 Å². The Hall–Kier alpha value is -2.36. The highest BCUT2D eigenvalue weighted by atomic mass is 16.6. The monoisotopic (exact) mass is 231 g/mol. The molecule has 0 unspecified atom stereocenters. The van der Waals surface area contributed by atoms with Crippen LogP contribution in [0.2, 0.25) is 0 Å². The van der Waals surface area contributed by atoms with E-state index in [1.807, 2.05) is 30.3 Å². The number of carbonyl (C=O) groups excluding carboxylic acids is 2. The summed E-state index contributed by atoms with van der Waals surface area (Å²) < 4.78 is 4.46. The van der Waals surface area contributed by atoms with E-state index in [1.165, 1.54) is 13.0 Å². The maximum absolute atomic E-state index is 11.2. The van der Waals surface area contributed by atoms with Gasteiger partial charge in [-0.2, -0.15) is 0 Å². The van der Waals surface area contributed by atoms with Crippen LogP contribution in [0.15, 0.2) is 48.2 Å². The van der Waals surface area contributed by atoms with Crippen molar-refractivity contribution in [2.24, 2.45) is 5.73 Å². The van der Waals surface area contributed by atoms with E-state index >= 15 is 0 Å². The number of allylic oxidation sites excluding steroid dienone is 1. The standard InChI is InChI=1S/C13H13NO3/c1-10(14)9-13(16)17-12(15)8-7-11-5-3-2-4-6-11/h2-9H,14H2,1H3/b8-7+,10-9?. The zero-order valence-corrected chi connectivity index (χ0v) is 9.42. The number of hydrogen-bond donors (Lipinski definition) is 1. The molecule has 0 fully saturated rings. The minimum absolute atomic E-state index is 0.287. The van der Waals surface area contributed by atoms with Gasteiger partial charge in [0.05, 0.1) is 0 Å². The van der Waals surface area contributed by atoms with Crippen molar-refractivity contribution in [1.82, 2.24) is 0 Å². The molecule has 4 heteroatoms. The van der Waals surface area contributed by atoms with Crippen LogP contribution in [0.3, 0.4) is 0 Å². The molecule has 4 nitrogen and oxygen atoms in total. The molecule has 1 aromatic carbocycles. The minimum atomic E-state index is -0.771. The van der Waals surface area contributed by atoms with Gasteiger partial charge in [0.2, 0.25) is 0 Å². The van der Waals surface area contributed by atoms with Gasteiger partial charge in [-0.3, -0.25) is 0 Å². The Balaban J connectivity index is 2.53. The Morgan fingerprint density at radius 2 is 1.82 bits per heavy atom. The third-order valence-electron chi connectivity index (χ3n) is 1.76. The summed E-state index contributed by atoms with van der Waals surface area (Å²) in [5.41, 5.74) is 6.40. The normalized spacial score (nSPS) is 11.5. The first-order valence-electron chi connectivity index (χ1n) is 5.00. The van der Waals surface area contributed by atoms with Gasteiger partial charge in [-0.15, -0.1) is 0 Å². The zero-order chi connectivity index (χ0) is 12.7. The summed E-state index contributed by atoms with van der Waals surface area (Å²) in [6.45, 7) is 1.53. The number of rotatable bonds is 3. The average Bonchev–Trinajstić information content (AvgIpc) is 2.26. The minimum Gasteiger partial charge on any atom is -0.402 e. The first-order valence-corrected chi connectivity index (χ1v) is 5.00. The summed E-state index contributed by atoms with van der Waals surface area (Å²) in [4.78, 5) is 22.3. The number of esters is 2. The zero-order valence-electron chi connectivity index (χ0n) is 9.42. The highest BCUT2D eigenvalue weighted by molar-refractivity contribution is 5.98. The van der Waals surface area contributed by atoms with Gasteiger partial charge in [0.25, 0.3) is 0 Å². The fourth-order valence-electron chi connectivity index (χ4n) is 1.08. The van der Waals surface area contributed by atoms with E-state index in [0.717, 1.165) is 11.6 Å². The molecule has 0 bridgehead atoms. The second-order valence-corrected chi connectivity index (χ2v) is 3.37. The van der Waals surface area contributed by atoms with Crippen molar-refractivity contribution < 1.29 is 14.3 Å². The van der Waals surface area contributed by atoms with E-state index in [0.29, 0.717) is 0 Å². The third kappa shape index (κ3) is 5.32. The molecule has 1 aromatic rings. The topological polar surface area (TPSA) is 69.4 Å². The van der Waals surface area contributed by atoms with Gasteiger partial charge in [0.15, 0.2) is 0 Å². The van der Waals surface area contributed by atoms with Crippen LogP contribution < -0.4 is 5.73 Å². The number of nitrogens with two attached hydrogens (primary N) is 1. The Labute approximate surface area is 99.4 Å². The molecule has 88 valence electrons. The van der Waals surface area contributed by atoms with Crippen LogP contribution in [0, 0.1) is 0 Å². The van der Waals surface area contributed by atoms with Crippen molar-refractivity contribution in [3.63, 3.8) is 0 Å². The van der Waals surface area contributed by atoms with Gasteiger partial charge in [-0.1, -0.05) is 30.3 Å². The van der Waals surface area contributed by atoms with Crippen LogP contribution in [0.1, 0.15) is 12.5 Å². The Morgan fingerprint density at radius 3 is 2.41 bits per heavy atom. The van der Waals surface area contributed by atoms with Gasteiger partial charge in [0.1, 0.15) is 0 Å². The van der Waals surface area contributed by atoms with E-state index in [2.05, 4.69) is 4.74 Å². The first-order chi connectivity index (χ1) is 8.08. The molecule has 0 heterocycles. The molecule has 0 atom stereocenters. The van der Waals surface area contributed by atoms with Crippen LogP contribution in [0.5, 0.6) is 0 Å². The fraction of sp³-hybridized carbons (Fsp3) is 0.0769. The summed E-state index contributed by atoms with van der Waals surface area (Å²) in [6, 6.07) is 9.21. The van der Waals surface area contributed by atoms with Crippen LogP contribution in [-0.4, -0.2) is 11.9 Å². The molecule has 0 aliphatic rings. The van der Waals surface area contributed by atoms with Crippen molar-refractivity contribution >= 4 is 18.0 Å². The Kier molecular flexibility index (Phi) is 4.69. The molecule has 0 saturated carbocycles. The quantitative estimate of drug-likeness (QED) is 0.487. The van der Waals surface area contributed by atoms with Crippen molar-refractivity contribution in [3.05, 3.63) is 53.7 Å².